The second-order valence-electron chi connectivity index (χ2n) is 6.94. The minimum absolute atomic E-state index is 0.274. The molecular weight excluding hydrogens is 392 g/mol. The Kier molecular flexibility index (Phi) is 7.63. The second-order valence-corrected chi connectivity index (χ2v) is 7.35. The molecule has 1 amide bonds. The van der Waals surface area contributed by atoms with Gasteiger partial charge >= 0.3 is 5.97 Å². The predicted octanol–water partition coefficient (Wildman–Crippen LogP) is 3.03. The average molecular weight is 417 g/mol. The molecule has 0 aromatic heterocycles. The number of amides is 1. The van der Waals surface area contributed by atoms with Crippen LogP contribution in [0.15, 0.2) is 48.5 Å². The zero-order chi connectivity index (χ0) is 20.6. The molecule has 154 valence electrons. The van der Waals surface area contributed by atoms with Crippen LogP contribution in [0, 0.1) is 0 Å². The van der Waals surface area contributed by atoms with E-state index in [1.165, 1.54) is 0 Å². The highest BCUT2D eigenvalue weighted by Crippen LogP contribution is 2.15. The minimum Gasteiger partial charge on any atom is -0.449 e. The highest BCUT2D eigenvalue weighted by Gasteiger charge is 2.19. The Labute approximate surface area is 175 Å². The molecule has 0 radical (unpaired) electrons. The van der Waals surface area contributed by atoms with Crippen LogP contribution in [0.1, 0.15) is 28.4 Å². The van der Waals surface area contributed by atoms with Crippen LogP contribution in [0.4, 0.5) is 0 Å². The maximum Gasteiger partial charge on any atom is 0.338 e. The van der Waals surface area contributed by atoms with Crippen LogP contribution in [0.5, 0.6) is 0 Å². The summed E-state index contributed by atoms with van der Waals surface area (Å²) in [4.78, 5) is 26.9. The number of hydrogen-bond donors (Lipinski definition) is 1. The van der Waals surface area contributed by atoms with Gasteiger partial charge in [0.25, 0.3) is 5.91 Å². The van der Waals surface area contributed by atoms with Crippen LogP contribution in [-0.2, 0) is 27.4 Å². The van der Waals surface area contributed by atoms with Crippen LogP contribution in [0.25, 0.3) is 0 Å². The molecule has 2 aromatic rings. The van der Waals surface area contributed by atoms with Crippen molar-refractivity contribution in [1.82, 2.24) is 10.2 Å². The maximum atomic E-state index is 12.3. The number of nitrogens with one attached hydrogen (secondary N) is 1. The summed E-state index contributed by atoms with van der Waals surface area (Å²) in [5.41, 5.74) is 2.34. The van der Waals surface area contributed by atoms with Crippen molar-refractivity contribution in [2.75, 3.05) is 26.3 Å². The van der Waals surface area contributed by atoms with Crippen LogP contribution in [0.2, 0.25) is 5.02 Å². The summed E-state index contributed by atoms with van der Waals surface area (Å²) in [5, 5.41) is 3.31. The van der Waals surface area contributed by atoms with E-state index in [0.29, 0.717) is 10.6 Å². The fourth-order valence-electron chi connectivity index (χ4n) is 3.01. The molecule has 1 heterocycles. The fourth-order valence-corrected chi connectivity index (χ4v) is 3.22. The zero-order valence-electron chi connectivity index (χ0n) is 16.4. The number of rotatable bonds is 7. The van der Waals surface area contributed by atoms with Gasteiger partial charge in [-0.15, -0.1) is 0 Å². The summed E-state index contributed by atoms with van der Waals surface area (Å²) in [6.45, 7) is 5.96. The van der Waals surface area contributed by atoms with Crippen molar-refractivity contribution >= 4 is 23.5 Å². The van der Waals surface area contributed by atoms with Crippen molar-refractivity contribution in [2.45, 2.75) is 26.1 Å². The van der Waals surface area contributed by atoms with Gasteiger partial charge in [0.2, 0.25) is 0 Å². The first-order valence-electron chi connectivity index (χ1n) is 9.64. The van der Waals surface area contributed by atoms with Crippen molar-refractivity contribution in [3.05, 3.63) is 70.2 Å². The molecule has 29 heavy (non-hydrogen) atoms. The average Bonchev–Trinajstić information content (AvgIpc) is 2.74. The van der Waals surface area contributed by atoms with Crippen LogP contribution < -0.4 is 5.32 Å². The van der Waals surface area contributed by atoms with E-state index in [9.17, 15) is 9.59 Å². The van der Waals surface area contributed by atoms with E-state index in [1.54, 1.807) is 25.1 Å². The third kappa shape index (κ3) is 6.29. The first-order valence-corrected chi connectivity index (χ1v) is 10.0. The number of ether oxygens (including phenoxy) is 2. The lowest BCUT2D eigenvalue weighted by Gasteiger charge is -2.26. The summed E-state index contributed by atoms with van der Waals surface area (Å²) >= 11 is 6.08. The standard InChI is InChI=1S/C22H25ClN2O4/c1-16(21(26)24-14-19-4-2-3-5-20(19)23)29-22(27)18-8-6-17(7-9-18)15-25-10-12-28-13-11-25/h2-9,16H,10-15H2,1H3,(H,24,26)/t16-/m1/s1. The molecule has 7 heteroatoms. The summed E-state index contributed by atoms with van der Waals surface area (Å²) in [6, 6.07) is 14.5. The van der Waals surface area contributed by atoms with Crippen molar-refractivity contribution in [3.8, 4) is 0 Å². The van der Waals surface area contributed by atoms with E-state index in [2.05, 4.69) is 10.2 Å². The quantitative estimate of drug-likeness (QED) is 0.703. The summed E-state index contributed by atoms with van der Waals surface area (Å²) < 4.78 is 10.6. The van der Waals surface area contributed by atoms with Gasteiger partial charge in [0.05, 0.1) is 18.8 Å². The van der Waals surface area contributed by atoms with Gasteiger partial charge in [-0.25, -0.2) is 4.79 Å². The lowest BCUT2D eigenvalue weighted by Crippen LogP contribution is -2.35. The number of benzene rings is 2. The van der Waals surface area contributed by atoms with Crippen LogP contribution in [0.3, 0.4) is 0 Å². The molecule has 1 aliphatic heterocycles. The minimum atomic E-state index is -0.905. The number of morpholine rings is 1. The molecule has 1 N–H and O–H groups in total. The molecule has 1 fully saturated rings. The lowest BCUT2D eigenvalue weighted by atomic mass is 10.1. The van der Waals surface area contributed by atoms with Crippen molar-refractivity contribution in [3.63, 3.8) is 0 Å². The predicted molar refractivity (Wildman–Crippen MR) is 111 cm³/mol. The topological polar surface area (TPSA) is 67.9 Å². The normalized spacial score (nSPS) is 15.5. The molecule has 6 nitrogen and oxygen atoms in total. The molecule has 0 unspecified atom stereocenters. The summed E-state index contributed by atoms with van der Waals surface area (Å²) in [6.07, 6.45) is -0.905. The number of nitrogens with zero attached hydrogens (tertiary/aromatic N) is 1. The molecule has 1 atom stereocenters. The highest BCUT2D eigenvalue weighted by molar-refractivity contribution is 6.31. The molecule has 0 bridgehead atoms. The Bertz CT molecular complexity index is 835. The van der Waals surface area contributed by atoms with Crippen LogP contribution >= 0.6 is 11.6 Å². The van der Waals surface area contributed by atoms with Crippen molar-refractivity contribution in [1.29, 1.82) is 0 Å². The van der Waals surface area contributed by atoms with Gasteiger partial charge in [-0.3, -0.25) is 9.69 Å². The van der Waals surface area contributed by atoms with E-state index in [1.807, 2.05) is 30.3 Å². The van der Waals surface area contributed by atoms with E-state index >= 15 is 0 Å². The molecule has 0 saturated carbocycles. The fraction of sp³-hybridized carbons (Fsp3) is 0.364. The third-order valence-electron chi connectivity index (χ3n) is 4.76. The smallest absolute Gasteiger partial charge is 0.338 e. The number of carbonyl (C=O) groups excluding carboxylic acids is 2. The maximum absolute atomic E-state index is 12.3. The van der Waals surface area contributed by atoms with E-state index in [-0.39, 0.29) is 12.5 Å². The molecule has 2 aromatic carbocycles. The highest BCUT2D eigenvalue weighted by atomic mass is 35.5. The van der Waals surface area contributed by atoms with E-state index < -0.39 is 12.1 Å². The van der Waals surface area contributed by atoms with Gasteiger partial charge in [0, 0.05) is 31.2 Å². The van der Waals surface area contributed by atoms with Gasteiger partial charge in [0.1, 0.15) is 0 Å². The Hall–Kier alpha value is -2.41. The van der Waals surface area contributed by atoms with Crippen molar-refractivity contribution < 1.29 is 19.1 Å². The number of esters is 1. The monoisotopic (exact) mass is 416 g/mol. The van der Waals surface area contributed by atoms with Gasteiger partial charge in [0.15, 0.2) is 6.10 Å². The summed E-state index contributed by atoms with van der Waals surface area (Å²) in [5.74, 6) is -0.898. The van der Waals surface area contributed by atoms with Crippen LogP contribution in [-0.4, -0.2) is 49.2 Å². The molecule has 1 aliphatic rings. The van der Waals surface area contributed by atoms with Crippen molar-refractivity contribution in [2.24, 2.45) is 0 Å². The SMILES string of the molecule is C[C@@H](OC(=O)c1ccc(CN2CCOCC2)cc1)C(=O)NCc1ccccc1Cl. The molecule has 0 aliphatic carbocycles. The first-order chi connectivity index (χ1) is 14.0. The second kappa shape index (κ2) is 10.4. The van der Waals surface area contributed by atoms with Gasteiger partial charge < -0.3 is 14.8 Å². The largest absolute Gasteiger partial charge is 0.449 e. The van der Waals surface area contributed by atoms with E-state index in [0.717, 1.165) is 44.0 Å². The molecule has 0 spiro atoms. The number of hydrogen-bond acceptors (Lipinski definition) is 5. The zero-order valence-corrected chi connectivity index (χ0v) is 17.2. The Morgan fingerprint density at radius 2 is 1.83 bits per heavy atom. The summed E-state index contributed by atoms with van der Waals surface area (Å²) in [7, 11) is 0. The number of carbonyl (C=O) groups is 2. The first kappa shape index (κ1) is 21.3. The van der Waals surface area contributed by atoms with Gasteiger partial charge in [-0.05, 0) is 36.2 Å². The number of halogens is 1. The van der Waals surface area contributed by atoms with Gasteiger partial charge in [-0.2, -0.15) is 0 Å². The van der Waals surface area contributed by atoms with Gasteiger partial charge in [-0.1, -0.05) is 41.9 Å². The Morgan fingerprint density at radius 1 is 1.14 bits per heavy atom. The van der Waals surface area contributed by atoms with E-state index in [4.69, 9.17) is 21.1 Å². The Morgan fingerprint density at radius 3 is 2.52 bits per heavy atom. The third-order valence-corrected chi connectivity index (χ3v) is 5.13. The lowest BCUT2D eigenvalue weighted by molar-refractivity contribution is -0.129. The molecule has 3 rings (SSSR count). The Balaban J connectivity index is 1.48. The molecular formula is C22H25ClN2O4. The molecule has 1 saturated heterocycles.